The monoisotopic (exact) mass is 491 g/mol. The molecule has 2 aromatic heterocycles. The zero-order valence-corrected chi connectivity index (χ0v) is 19.1. The van der Waals surface area contributed by atoms with Crippen LogP contribution in [0.3, 0.4) is 0 Å². The number of pyridine rings is 1. The molecule has 0 saturated heterocycles. The number of halogens is 1. The molecule has 0 radical (unpaired) electrons. The summed E-state index contributed by atoms with van der Waals surface area (Å²) in [5.41, 5.74) is 4.44. The molecule has 2 aromatic carbocycles. The van der Waals surface area contributed by atoms with E-state index in [2.05, 4.69) is 20.9 Å². The molecule has 0 saturated carbocycles. The van der Waals surface area contributed by atoms with E-state index in [1.54, 1.807) is 29.4 Å². The van der Waals surface area contributed by atoms with Crippen molar-refractivity contribution in [3.05, 3.63) is 82.3 Å². The van der Waals surface area contributed by atoms with Crippen LogP contribution in [-0.2, 0) is 11.3 Å². The molecule has 5 nitrogen and oxygen atoms in total. The Bertz CT molecular complexity index is 1240. The van der Waals surface area contributed by atoms with Gasteiger partial charge in [0, 0.05) is 21.6 Å². The minimum absolute atomic E-state index is 0.0555. The van der Waals surface area contributed by atoms with Crippen LogP contribution >= 0.6 is 27.3 Å². The number of hydrogen-bond donors (Lipinski definition) is 0. The van der Waals surface area contributed by atoms with Gasteiger partial charge in [0.1, 0.15) is 10.8 Å². The second-order valence-electron chi connectivity index (χ2n) is 7.25. The van der Waals surface area contributed by atoms with E-state index in [1.807, 2.05) is 66.0 Å². The van der Waals surface area contributed by atoms with Gasteiger partial charge in [0.15, 0.2) is 6.10 Å². The third kappa shape index (κ3) is 3.98. The van der Waals surface area contributed by atoms with Crippen LogP contribution in [0.15, 0.2) is 76.7 Å². The fourth-order valence-electron chi connectivity index (χ4n) is 3.52. The van der Waals surface area contributed by atoms with Gasteiger partial charge in [-0.1, -0.05) is 34.1 Å². The van der Waals surface area contributed by atoms with Crippen LogP contribution in [0.4, 0.5) is 5.69 Å². The van der Waals surface area contributed by atoms with Gasteiger partial charge in [-0.05, 0) is 55.0 Å². The number of carbonyl (C=O) groups is 1. The molecule has 0 fully saturated rings. The zero-order chi connectivity index (χ0) is 21.4. The fraction of sp³-hybridized carbons (Fsp3) is 0.125. The van der Waals surface area contributed by atoms with Gasteiger partial charge in [-0.15, -0.1) is 11.3 Å². The molecule has 1 atom stereocenters. The third-order valence-electron chi connectivity index (χ3n) is 5.11. The smallest absolute Gasteiger partial charge is 0.268 e. The number of fused-ring (bicyclic) bond motifs is 1. The molecule has 5 rings (SSSR count). The van der Waals surface area contributed by atoms with Crippen molar-refractivity contribution < 1.29 is 9.53 Å². The van der Waals surface area contributed by atoms with E-state index in [0.29, 0.717) is 12.3 Å². The first-order valence-electron chi connectivity index (χ1n) is 9.82. The van der Waals surface area contributed by atoms with E-state index >= 15 is 0 Å². The normalized spacial score (nSPS) is 15.5. The minimum atomic E-state index is -0.524. The molecule has 3 heterocycles. The highest BCUT2D eigenvalue weighted by molar-refractivity contribution is 9.10. The van der Waals surface area contributed by atoms with Crippen molar-refractivity contribution in [3.63, 3.8) is 0 Å². The minimum Gasteiger partial charge on any atom is -0.479 e. The molecular formula is C24H18BrN3O2S. The molecule has 0 aliphatic carbocycles. The summed E-state index contributed by atoms with van der Waals surface area (Å²) in [5, 5.41) is 2.87. The molecule has 1 unspecified atom stereocenters. The highest BCUT2D eigenvalue weighted by Gasteiger charge is 2.32. The molecule has 4 aromatic rings. The molecule has 1 aliphatic heterocycles. The van der Waals surface area contributed by atoms with E-state index < -0.39 is 6.10 Å². The Kier molecular flexibility index (Phi) is 5.29. The summed E-state index contributed by atoms with van der Waals surface area (Å²) in [5.74, 6) is 0.646. The van der Waals surface area contributed by atoms with Gasteiger partial charge in [-0.2, -0.15) is 0 Å². The van der Waals surface area contributed by atoms with Crippen LogP contribution in [0.1, 0.15) is 12.5 Å². The van der Waals surface area contributed by atoms with Crippen LogP contribution in [0.2, 0.25) is 0 Å². The number of amides is 1. The Balaban J connectivity index is 1.51. The number of rotatable bonds is 4. The summed E-state index contributed by atoms with van der Waals surface area (Å²) in [7, 11) is 0. The van der Waals surface area contributed by atoms with Gasteiger partial charge in [0.2, 0.25) is 0 Å². The summed E-state index contributed by atoms with van der Waals surface area (Å²) in [6, 6.07) is 19.7. The SMILES string of the molecule is CC1Oc2ccc(-c3csc(-c4ccccn4)n3)cc2N(Cc2ccc(Br)cc2)C1=O. The molecule has 0 spiro atoms. The van der Waals surface area contributed by atoms with Crippen LogP contribution in [0, 0.1) is 0 Å². The van der Waals surface area contributed by atoms with Crippen LogP contribution in [-0.4, -0.2) is 22.0 Å². The second kappa shape index (κ2) is 8.24. The number of thiazole rings is 1. The Morgan fingerprint density at radius 3 is 2.71 bits per heavy atom. The Labute approximate surface area is 192 Å². The summed E-state index contributed by atoms with van der Waals surface area (Å²) in [6.07, 6.45) is 1.24. The number of benzene rings is 2. The van der Waals surface area contributed by atoms with Gasteiger partial charge in [-0.25, -0.2) is 4.98 Å². The first kappa shape index (κ1) is 19.9. The van der Waals surface area contributed by atoms with E-state index in [0.717, 1.165) is 37.7 Å². The highest BCUT2D eigenvalue weighted by Crippen LogP contribution is 2.39. The number of carbonyl (C=O) groups excluding carboxylic acids is 1. The number of anilines is 1. The maximum absolute atomic E-state index is 13.0. The number of hydrogen-bond acceptors (Lipinski definition) is 5. The highest BCUT2D eigenvalue weighted by atomic mass is 79.9. The van der Waals surface area contributed by atoms with E-state index in [-0.39, 0.29) is 5.91 Å². The Morgan fingerprint density at radius 2 is 1.94 bits per heavy atom. The lowest BCUT2D eigenvalue weighted by Gasteiger charge is -2.33. The molecule has 154 valence electrons. The van der Waals surface area contributed by atoms with E-state index in [4.69, 9.17) is 9.72 Å². The zero-order valence-electron chi connectivity index (χ0n) is 16.7. The van der Waals surface area contributed by atoms with Crippen LogP contribution < -0.4 is 9.64 Å². The Morgan fingerprint density at radius 1 is 1.10 bits per heavy atom. The fourth-order valence-corrected chi connectivity index (χ4v) is 4.58. The quantitative estimate of drug-likeness (QED) is 0.354. The second-order valence-corrected chi connectivity index (χ2v) is 9.02. The number of ether oxygens (including phenoxy) is 1. The average molecular weight is 492 g/mol. The lowest BCUT2D eigenvalue weighted by molar-refractivity contribution is -0.125. The number of aromatic nitrogens is 2. The van der Waals surface area contributed by atoms with Gasteiger partial charge in [0.05, 0.1) is 23.6 Å². The molecule has 0 bridgehead atoms. The lowest BCUT2D eigenvalue weighted by atomic mass is 10.1. The van der Waals surface area contributed by atoms with Crippen molar-refractivity contribution in [1.29, 1.82) is 0 Å². The van der Waals surface area contributed by atoms with Gasteiger partial charge >= 0.3 is 0 Å². The molecular weight excluding hydrogens is 474 g/mol. The van der Waals surface area contributed by atoms with Crippen molar-refractivity contribution in [2.75, 3.05) is 4.90 Å². The standard InChI is InChI=1S/C24H18BrN3O2S/c1-15-24(29)28(13-16-5-8-18(25)9-6-16)21-12-17(7-10-22(21)30-15)20-14-31-23(27-20)19-4-2-3-11-26-19/h2-12,14-15H,13H2,1H3. The predicted octanol–water partition coefficient (Wildman–Crippen LogP) is 5.95. The molecule has 31 heavy (non-hydrogen) atoms. The third-order valence-corrected chi connectivity index (χ3v) is 6.50. The lowest BCUT2D eigenvalue weighted by Crippen LogP contribution is -2.44. The van der Waals surface area contributed by atoms with Crippen molar-refractivity contribution in [1.82, 2.24) is 9.97 Å². The topological polar surface area (TPSA) is 55.3 Å². The molecule has 0 N–H and O–H groups in total. The van der Waals surface area contributed by atoms with E-state index in [1.165, 1.54) is 0 Å². The van der Waals surface area contributed by atoms with Crippen LogP contribution in [0.25, 0.3) is 22.0 Å². The predicted molar refractivity (Wildman–Crippen MR) is 126 cm³/mol. The summed E-state index contributed by atoms with van der Waals surface area (Å²) < 4.78 is 6.88. The largest absolute Gasteiger partial charge is 0.479 e. The van der Waals surface area contributed by atoms with E-state index in [9.17, 15) is 4.79 Å². The van der Waals surface area contributed by atoms with Gasteiger partial charge in [-0.3, -0.25) is 9.78 Å². The first-order chi connectivity index (χ1) is 15.1. The van der Waals surface area contributed by atoms with Gasteiger partial charge in [0.25, 0.3) is 5.91 Å². The van der Waals surface area contributed by atoms with Crippen molar-refractivity contribution >= 4 is 38.9 Å². The van der Waals surface area contributed by atoms with Crippen molar-refractivity contribution in [2.24, 2.45) is 0 Å². The summed E-state index contributed by atoms with van der Waals surface area (Å²) >= 11 is 5.01. The molecule has 1 aliphatic rings. The van der Waals surface area contributed by atoms with Gasteiger partial charge < -0.3 is 9.64 Å². The first-order valence-corrected chi connectivity index (χ1v) is 11.5. The Hall–Kier alpha value is -3.03. The summed E-state index contributed by atoms with van der Waals surface area (Å²) in [4.78, 5) is 23.9. The van der Waals surface area contributed by atoms with Crippen molar-refractivity contribution in [3.8, 4) is 27.7 Å². The molecule has 1 amide bonds. The number of nitrogens with zero attached hydrogens (tertiary/aromatic N) is 3. The van der Waals surface area contributed by atoms with Crippen molar-refractivity contribution in [2.45, 2.75) is 19.6 Å². The maximum Gasteiger partial charge on any atom is 0.268 e. The van der Waals surface area contributed by atoms with Crippen LogP contribution in [0.5, 0.6) is 5.75 Å². The maximum atomic E-state index is 13.0. The molecule has 7 heteroatoms. The average Bonchev–Trinajstić information content (AvgIpc) is 3.29. The summed E-state index contributed by atoms with van der Waals surface area (Å²) in [6.45, 7) is 2.26.